The number of halogens is 1. The van der Waals surface area contributed by atoms with Crippen LogP contribution in [-0.2, 0) is 13.1 Å². The van der Waals surface area contributed by atoms with Gasteiger partial charge in [-0.25, -0.2) is 14.1 Å². The van der Waals surface area contributed by atoms with Crippen molar-refractivity contribution >= 4 is 22.8 Å². The van der Waals surface area contributed by atoms with Crippen LogP contribution in [0.15, 0.2) is 73.1 Å². The van der Waals surface area contributed by atoms with Crippen molar-refractivity contribution in [1.29, 1.82) is 0 Å². The summed E-state index contributed by atoms with van der Waals surface area (Å²) in [5.41, 5.74) is 9.49. The van der Waals surface area contributed by atoms with Gasteiger partial charge in [0.1, 0.15) is 17.4 Å². The van der Waals surface area contributed by atoms with E-state index in [1.54, 1.807) is 29.2 Å². The number of benzene rings is 2. The highest BCUT2D eigenvalue weighted by Gasteiger charge is 2.21. The average molecular weight is 455 g/mol. The van der Waals surface area contributed by atoms with Crippen LogP contribution in [0.1, 0.15) is 11.1 Å². The zero-order valence-electron chi connectivity index (χ0n) is 18.4. The van der Waals surface area contributed by atoms with Gasteiger partial charge < -0.3 is 15.8 Å². The Labute approximate surface area is 195 Å². The lowest BCUT2D eigenvalue weighted by molar-refractivity contribution is 0.411. The van der Waals surface area contributed by atoms with Crippen LogP contribution in [0.5, 0.6) is 5.75 Å². The van der Waals surface area contributed by atoms with E-state index in [1.165, 1.54) is 13.2 Å². The van der Waals surface area contributed by atoms with Crippen molar-refractivity contribution in [2.45, 2.75) is 13.1 Å². The molecule has 3 aromatic heterocycles. The number of methoxy groups -OCH3 is 1. The molecule has 0 atom stereocenters. The zero-order chi connectivity index (χ0) is 23.5. The molecule has 170 valence electrons. The minimum absolute atomic E-state index is 0.281. The molecular formula is C25H22FN7O. The Kier molecular flexibility index (Phi) is 5.73. The summed E-state index contributed by atoms with van der Waals surface area (Å²) in [5, 5.41) is 8.29. The Morgan fingerprint density at radius 1 is 1.03 bits per heavy atom. The molecule has 34 heavy (non-hydrogen) atoms. The first-order chi connectivity index (χ1) is 16.6. The van der Waals surface area contributed by atoms with E-state index >= 15 is 4.39 Å². The van der Waals surface area contributed by atoms with Gasteiger partial charge >= 0.3 is 0 Å². The van der Waals surface area contributed by atoms with E-state index in [2.05, 4.69) is 25.4 Å². The number of ether oxygens (including phenoxy) is 1. The number of pyridine rings is 1. The molecule has 9 heteroatoms. The van der Waals surface area contributed by atoms with E-state index in [1.807, 2.05) is 42.5 Å². The van der Waals surface area contributed by atoms with Gasteiger partial charge in [-0.05, 0) is 29.3 Å². The lowest BCUT2D eigenvalue weighted by atomic mass is 10.1. The molecule has 0 aliphatic rings. The van der Waals surface area contributed by atoms with Gasteiger partial charge in [0.2, 0.25) is 5.95 Å². The lowest BCUT2D eigenvalue weighted by Crippen LogP contribution is -2.06. The van der Waals surface area contributed by atoms with Crippen molar-refractivity contribution in [2.24, 2.45) is 0 Å². The maximum absolute atomic E-state index is 15.1. The number of hydrogen-bond acceptors (Lipinski definition) is 7. The van der Waals surface area contributed by atoms with Gasteiger partial charge in [0.15, 0.2) is 5.65 Å². The first-order valence-electron chi connectivity index (χ1n) is 10.7. The molecule has 0 spiro atoms. The van der Waals surface area contributed by atoms with Gasteiger partial charge in [-0.2, -0.15) is 4.98 Å². The van der Waals surface area contributed by atoms with E-state index in [0.29, 0.717) is 47.3 Å². The van der Waals surface area contributed by atoms with Crippen LogP contribution < -0.4 is 15.8 Å². The molecule has 0 unspecified atom stereocenters. The Bertz CT molecular complexity index is 1440. The number of fused-ring (bicyclic) bond motifs is 1. The molecule has 5 aromatic rings. The summed E-state index contributed by atoms with van der Waals surface area (Å²) in [6, 6.07) is 18.2. The molecule has 0 aliphatic heterocycles. The second kappa shape index (κ2) is 9.14. The van der Waals surface area contributed by atoms with Gasteiger partial charge in [0.05, 0.1) is 24.7 Å². The average Bonchev–Trinajstić information content (AvgIpc) is 3.18. The van der Waals surface area contributed by atoms with Crippen molar-refractivity contribution in [2.75, 3.05) is 18.2 Å². The fraction of sp³-hybridized carbons (Fsp3) is 0.120. The first-order valence-corrected chi connectivity index (χ1v) is 10.7. The van der Waals surface area contributed by atoms with Crippen LogP contribution in [0.4, 0.5) is 16.2 Å². The smallest absolute Gasteiger partial charge is 0.225 e. The van der Waals surface area contributed by atoms with Crippen LogP contribution in [0, 0.1) is 5.82 Å². The van der Waals surface area contributed by atoms with Crippen molar-refractivity contribution in [3.8, 4) is 17.0 Å². The maximum atomic E-state index is 15.1. The number of anilines is 2. The second-order valence-corrected chi connectivity index (χ2v) is 7.68. The number of nitrogens with two attached hydrogens (primary N) is 1. The highest BCUT2D eigenvalue weighted by atomic mass is 19.1. The standard InChI is InChI=1S/C25H22FN7O/c1-34-18-9-10-19(20(26)12-18)22-21-23(27)33(15-16-6-3-2-4-7-16)32-24(21)31-25(30-22)29-14-17-8-5-11-28-13-17/h2-13H,14-15,27H2,1H3,(H,29,31,32). The fourth-order valence-electron chi connectivity index (χ4n) is 3.70. The molecule has 0 saturated heterocycles. The number of rotatable bonds is 7. The minimum atomic E-state index is -0.479. The summed E-state index contributed by atoms with van der Waals surface area (Å²) in [7, 11) is 1.49. The molecule has 3 heterocycles. The lowest BCUT2D eigenvalue weighted by Gasteiger charge is -2.10. The third-order valence-electron chi connectivity index (χ3n) is 5.42. The van der Waals surface area contributed by atoms with E-state index < -0.39 is 5.82 Å². The summed E-state index contributed by atoms with van der Waals surface area (Å²) in [6.07, 6.45) is 3.46. The van der Waals surface area contributed by atoms with E-state index in [0.717, 1.165) is 11.1 Å². The molecule has 3 N–H and O–H groups in total. The Morgan fingerprint density at radius 2 is 1.85 bits per heavy atom. The van der Waals surface area contributed by atoms with E-state index in [9.17, 15) is 0 Å². The van der Waals surface area contributed by atoms with Crippen molar-refractivity contribution in [1.82, 2.24) is 24.7 Å². The predicted molar refractivity (Wildman–Crippen MR) is 129 cm³/mol. The van der Waals surface area contributed by atoms with E-state index in [-0.39, 0.29) is 5.56 Å². The third-order valence-corrected chi connectivity index (χ3v) is 5.42. The fourth-order valence-corrected chi connectivity index (χ4v) is 3.70. The van der Waals surface area contributed by atoms with Crippen molar-refractivity contribution in [3.05, 3.63) is 90.0 Å². The van der Waals surface area contributed by atoms with Gasteiger partial charge in [-0.15, -0.1) is 5.10 Å². The van der Waals surface area contributed by atoms with Crippen LogP contribution in [0.3, 0.4) is 0 Å². The molecule has 0 radical (unpaired) electrons. The second-order valence-electron chi connectivity index (χ2n) is 7.68. The molecule has 0 aliphatic carbocycles. The molecule has 0 saturated carbocycles. The number of hydrogen-bond donors (Lipinski definition) is 2. The Morgan fingerprint density at radius 3 is 2.59 bits per heavy atom. The van der Waals surface area contributed by atoms with Crippen molar-refractivity contribution < 1.29 is 9.13 Å². The number of aromatic nitrogens is 5. The molecular weight excluding hydrogens is 433 g/mol. The van der Waals surface area contributed by atoms with Crippen LogP contribution in [0.25, 0.3) is 22.3 Å². The van der Waals surface area contributed by atoms with Gasteiger partial charge in [-0.1, -0.05) is 36.4 Å². The summed E-state index contributed by atoms with van der Waals surface area (Å²) < 4.78 is 21.9. The Balaban J connectivity index is 1.61. The highest BCUT2D eigenvalue weighted by Crippen LogP contribution is 2.34. The highest BCUT2D eigenvalue weighted by molar-refractivity contribution is 5.99. The molecule has 0 bridgehead atoms. The number of nitrogen functional groups attached to an aromatic ring is 1. The minimum Gasteiger partial charge on any atom is -0.497 e. The summed E-state index contributed by atoms with van der Waals surface area (Å²) in [6.45, 7) is 0.899. The quantitative estimate of drug-likeness (QED) is 0.377. The molecule has 2 aromatic carbocycles. The summed E-state index contributed by atoms with van der Waals surface area (Å²) in [5.74, 6) is 0.607. The number of nitrogens with zero attached hydrogens (tertiary/aromatic N) is 5. The molecule has 0 fully saturated rings. The summed E-state index contributed by atoms with van der Waals surface area (Å²) in [4.78, 5) is 13.3. The summed E-state index contributed by atoms with van der Waals surface area (Å²) >= 11 is 0. The Hall–Kier alpha value is -4.53. The molecule has 5 rings (SSSR count). The van der Waals surface area contributed by atoms with Gasteiger partial charge in [0.25, 0.3) is 0 Å². The van der Waals surface area contributed by atoms with Crippen molar-refractivity contribution in [3.63, 3.8) is 0 Å². The van der Waals surface area contributed by atoms with Gasteiger partial charge in [-0.3, -0.25) is 4.98 Å². The normalized spacial score (nSPS) is 11.0. The molecule has 0 amide bonds. The topological polar surface area (TPSA) is 104 Å². The molecule has 8 nitrogen and oxygen atoms in total. The first kappa shape index (κ1) is 21.3. The third kappa shape index (κ3) is 4.23. The predicted octanol–water partition coefficient (Wildman–Crippen LogP) is 4.28. The zero-order valence-corrected chi connectivity index (χ0v) is 18.4. The van der Waals surface area contributed by atoms with E-state index in [4.69, 9.17) is 10.5 Å². The number of nitrogens with one attached hydrogen (secondary N) is 1. The SMILES string of the molecule is COc1ccc(-c2nc(NCc3cccnc3)nc3nn(Cc4ccccc4)c(N)c23)c(F)c1. The van der Waals surface area contributed by atoms with Crippen LogP contribution in [0.2, 0.25) is 0 Å². The van der Waals surface area contributed by atoms with Gasteiger partial charge in [0, 0.05) is 30.6 Å². The maximum Gasteiger partial charge on any atom is 0.225 e. The monoisotopic (exact) mass is 455 g/mol. The van der Waals surface area contributed by atoms with Crippen LogP contribution >= 0.6 is 0 Å². The largest absolute Gasteiger partial charge is 0.497 e. The van der Waals surface area contributed by atoms with Crippen LogP contribution in [-0.4, -0.2) is 31.8 Å².